The zero-order chi connectivity index (χ0) is 11.4. The number of halogens is 2. The number of benzene rings is 1. The summed E-state index contributed by atoms with van der Waals surface area (Å²) >= 11 is 0. The quantitative estimate of drug-likeness (QED) is 0.809. The van der Waals surface area contributed by atoms with Crippen LogP contribution in [0.15, 0.2) is 18.2 Å². The largest absolute Gasteiger partial charge is 0.305 e. The lowest BCUT2D eigenvalue weighted by Gasteiger charge is -2.21. The van der Waals surface area contributed by atoms with Crippen LogP contribution in [0.5, 0.6) is 0 Å². The highest BCUT2D eigenvalue weighted by Gasteiger charge is 2.23. The molecule has 1 aromatic carbocycles. The number of hydrogen-bond donors (Lipinski definition) is 1. The topological polar surface area (TPSA) is 12.0 Å². The van der Waals surface area contributed by atoms with Crippen molar-refractivity contribution in [2.45, 2.75) is 33.2 Å². The minimum Gasteiger partial charge on any atom is -0.305 e. The van der Waals surface area contributed by atoms with E-state index in [2.05, 4.69) is 5.32 Å². The minimum atomic E-state index is -2.37. The number of hydrogen-bond acceptors (Lipinski definition) is 1. The van der Waals surface area contributed by atoms with Gasteiger partial charge in [-0.05, 0) is 37.1 Å². The molecule has 0 aromatic heterocycles. The van der Waals surface area contributed by atoms with Crippen LogP contribution >= 0.6 is 0 Å². The van der Waals surface area contributed by atoms with Gasteiger partial charge in [-0.1, -0.05) is 25.1 Å². The summed E-state index contributed by atoms with van der Waals surface area (Å²) in [5, 5.41) is 2.83. The van der Waals surface area contributed by atoms with E-state index in [0.29, 0.717) is 6.54 Å². The normalized spacial score (nSPS) is 13.2. The second kappa shape index (κ2) is 5.21. The molecule has 0 saturated heterocycles. The third-order valence-electron chi connectivity index (χ3n) is 2.53. The maximum absolute atomic E-state index is 12.9. The lowest BCUT2D eigenvalue weighted by atomic mass is 9.96. The summed E-state index contributed by atoms with van der Waals surface area (Å²) in [6, 6.07) is 4.78. The third-order valence-corrected chi connectivity index (χ3v) is 2.53. The fourth-order valence-corrected chi connectivity index (χ4v) is 1.85. The first-order chi connectivity index (χ1) is 7.07. The first-order valence-corrected chi connectivity index (χ1v) is 5.15. The van der Waals surface area contributed by atoms with Gasteiger partial charge in [0.1, 0.15) is 0 Å². The van der Waals surface area contributed by atoms with Crippen molar-refractivity contribution >= 4 is 0 Å². The van der Waals surface area contributed by atoms with Gasteiger partial charge >= 0.3 is 0 Å². The SMILES string of the molecule is CCNC(c1c(C)cccc1C)C(F)F. The summed E-state index contributed by atoms with van der Waals surface area (Å²) < 4.78 is 25.7. The lowest BCUT2D eigenvalue weighted by Crippen LogP contribution is -2.28. The molecule has 1 aromatic rings. The summed E-state index contributed by atoms with van der Waals surface area (Å²) in [7, 11) is 0. The third kappa shape index (κ3) is 2.75. The van der Waals surface area contributed by atoms with E-state index in [-0.39, 0.29) is 0 Å². The molecular formula is C12H17F2N. The van der Waals surface area contributed by atoms with Gasteiger partial charge in [-0.2, -0.15) is 0 Å². The van der Waals surface area contributed by atoms with Crippen LogP contribution < -0.4 is 5.32 Å². The molecule has 84 valence electrons. The Morgan fingerprint density at radius 3 is 2.13 bits per heavy atom. The molecule has 1 N–H and O–H groups in total. The second-order valence-electron chi connectivity index (χ2n) is 3.68. The van der Waals surface area contributed by atoms with Crippen LogP contribution in [-0.4, -0.2) is 13.0 Å². The Bertz CT molecular complexity index is 303. The highest BCUT2D eigenvalue weighted by atomic mass is 19.3. The van der Waals surface area contributed by atoms with Gasteiger partial charge in [0.25, 0.3) is 6.43 Å². The van der Waals surface area contributed by atoms with Gasteiger partial charge in [0.15, 0.2) is 0 Å². The monoisotopic (exact) mass is 213 g/mol. The standard InChI is InChI=1S/C12H17F2N/c1-4-15-11(12(13)14)10-8(2)6-5-7-9(10)3/h5-7,11-12,15H,4H2,1-3H3. The molecule has 0 heterocycles. The molecule has 3 heteroatoms. The molecular weight excluding hydrogens is 196 g/mol. The summed E-state index contributed by atoms with van der Waals surface area (Å²) in [4.78, 5) is 0. The van der Waals surface area contributed by atoms with Crippen LogP contribution in [-0.2, 0) is 0 Å². The van der Waals surface area contributed by atoms with Crippen LogP contribution in [0.25, 0.3) is 0 Å². The molecule has 0 aliphatic carbocycles. The van der Waals surface area contributed by atoms with Gasteiger partial charge < -0.3 is 5.32 Å². The number of aryl methyl sites for hydroxylation is 2. The van der Waals surface area contributed by atoms with E-state index in [1.807, 2.05) is 39.0 Å². The van der Waals surface area contributed by atoms with Crippen molar-refractivity contribution in [1.82, 2.24) is 5.32 Å². The highest BCUT2D eigenvalue weighted by molar-refractivity contribution is 5.36. The molecule has 0 radical (unpaired) electrons. The number of alkyl halides is 2. The lowest BCUT2D eigenvalue weighted by molar-refractivity contribution is 0.0987. The Kier molecular flexibility index (Phi) is 4.21. The van der Waals surface area contributed by atoms with Crippen LogP contribution in [0.2, 0.25) is 0 Å². The van der Waals surface area contributed by atoms with Crippen molar-refractivity contribution in [2.24, 2.45) is 0 Å². The van der Waals surface area contributed by atoms with Gasteiger partial charge in [-0.15, -0.1) is 0 Å². The summed E-state index contributed by atoms with van der Waals surface area (Å²) in [6.07, 6.45) is -2.37. The Labute approximate surface area is 89.5 Å². The van der Waals surface area contributed by atoms with Gasteiger partial charge in [0.2, 0.25) is 0 Å². The molecule has 15 heavy (non-hydrogen) atoms. The smallest absolute Gasteiger partial charge is 0.257 e. The second-order valence-corrected chi connectivity index (χ2v) is 3.68. The summed E-state index contributed by atoms with van der Waals surface area (Å²) in [6.45, 7) is 6.12. The molecule has 0 bridgehead atoms. The molecule has 1 unspecified atom stereocenters. The first kappa shape index (κ1) is 12.1. The predicted octanol–water partition coefficient (Wildman–Crippen LogP) is 3.22. The van der Waals surface area contributed by atoms with Gasteiger partial charge in [-0.3, -0.25) is 0 Å². The zero-order valence-corrected chi connectivity index (χ0v) is 9.35. The number of nitrogens with one attached hydrogen (secondary N) is 1. The minimum absolute atomic E-state index is 0.544. The molecule has 0 saturated carbocycles. The highest BCUT2D eigenvalue weighted by Crippen LogP contribution is 2.26. The Morgan fingerprint density at radius 2 is 1.73 bits per heavy atom. The molecule has 0 aliphatic rings. The van der Waals surface area contributed by atoms with E-state index in [9.17, 15) is 8.78 Å². The number of rotatable bonds is 4. The van der Waals surface area contributed by atoms with Crippen LogP contribution in [0.4, 0.5) is 8.78 Å². The fraction of sp³-hybridized carbons (Fsp3) is 0.500. The van der Waals surface area contributed by atoms with E-state index in [1.54, 1.807) is 0 Å². The Hall–Kier alpha value is -0.960. The molecule has 0 fully saturated rings. The molecule has 1 nitrogen and oxygen atoms in total. The van der Waals surface area contributed by atoms with E-state index in [0.717, 1.165) is 16.7 Å². The first-order valence-electron chi connectivity index (χ1n) is 5.15. The van der Waals surface area contributed by atoms with Crippen molar-refractivity contribution in [3.05, 3.63) is 34.9 Å². The molecule has 0 amide bonds. The van der Waals surface area contributed by atoms with Gasteiger partial charge in [0, 0.05) is 0 Å². The average Bonchev–Trinajstić information content (AvgIpc) is 2.15. The van der Waals surface area contributed by atoms with E-state index in [4.69, 9.17) is 0 Å². The Balaban J connectivity index is 3.10. The molecule has 1 atom stereocenters. The molecule has 0 aliphatic heterocycles. The van der Waals surface area contributed by atoms with Crippen molar-refractivity contribution in [1.29, 1.82) is 0 Å². The van der Waals surface area contributed by atoms with Crippen LogP contribution in [0.3, 0.4) is 0 Å². The van der Waals surface area contributed by atoms with Crippen molar-refractivity contribution < 1.29 is 8.78 Å². The van der Waals surface area contributed by atoms with Gasteiger partial charge in [-0.25, -0.2) is 8.78 Å². The summed E-state index contributed by atoms with van der Waals surface area (Å²) in [5.41, 5.74) is 2.57. The molecule has 0 spiro atoms. The Morgan fingerprint density at radius 1 is 1.20 bits per heavy atom. The molecule has 1 rings (SSSR count). The average molecular weight is 213 g/mol. The fourth-order valence-electron chi connectivity index (χ4n) is 1.85. The van der Waals surface area contributed by atoms with Crippen molar-refractivity contribution in [3.8, 4) is 0 Å². The van der Waals surface area contributed by atoms with E-state index >= 15 is 0 Å². The van der Waals surface area contributed by atoms with Crippen LogP contribution in [0.1, 0.15) is 29.7 Å². The zero-order valence-electron chi connectivity index (χ0n) is 9.35. The maximum atomic E-state index is 12.9. The van der Waals surface area contributed by atoms with E-state index in [1.165, 1.54) is 0 Å². The van der Waals surface area contributed by atoms with Crippen LogP contribution in [0, 0.1) is 13.8 Å². The maximum Gasteiger partial charge on any atom is 0.257 e. The predicted molar refractivity (Wildman–Crippen MR) is 58.3 cm³/mol. The van der Waals surface area contributed by atoms with Crippen molar-refractivity contribution in [2.75, 3.05) is 6.54 Å². The summed E-state index contributed by atoms with van der Waals surface area (Å²) in [5.74, 6) is 0. The van der Waals surface area contributed by atoms with Gasteiger partial charge in [0.05, 0.1) is 6.04 Å². The van der Waals surface area contributed by atoms with Crippen molar-refractivity contribution in [3.63, 3.8) is 0 Å². The van der Waals surface area contributed by atoms with E-state index < -0.39 is 12.5 Å².